The minimum Gasteiger partial charge on any atom is -0.382 e. The second-order valence-electron chi connectivity index (χ2n) is 4.82. The molecule has 1 rings (SSSR count). The molecular formula is C11H22BO8P. The van der Waals surface area contributed by atoms with E-state index in [9.17, 15) is 14.3 Å². The summed E-state index contributed by atoms with van der Waals surface area (Å²) in [5.74, 6) is 0. The van der Waals surface area contributed by atoms with E-state index in [0.29, 0.717) is 0 Å². The third-order valence-corrected chi connectivity index (χ3v) is 3.55. The number of methoxy groups -OCH3 is 1. The van der Waals surface area contributed by atoms with Gasteiger partial charge in [0.15, 0.2) is 0 Å². The highest BCUT2D eigenvalue weighted by Crippen LogP contribution is 2.42. The molecule has 5 atom stereocenters. The Bertz CT molecular complexity index is 362. The Morgan fingerprint density at radius 3 is 2.71 bits per heavy atom. The fraction of sp³-hybridized carbons (Fsp3) is 0.909. The van der Waals surface area contributed by atoms with Crippen molar-refractivity contribution in [3.05, 3.63) is 0 Å². The molecular weight excluding hydrogens is 302 g/mol. The van der Waals surface area contributed by atoms with Crippen LogP contribution < -0.4 is 0 Å². The van der Waals surface area contributed by atoms with Gasteiger partial charge in [0.1, 0.15) is 39.2 Å². The van der Waals surface area contributed by atoms with Crippen LogP contribution in [-0.2, 0) is 32.8 Å². The summed E-state index contributed by atoms with van der Waals surface area (Å²) >= 11 is 0. The zero-order valence-corrected chi connectivity index (χ0v) is 13.4. The fourth-order valence-corrected chi connectivity index (χ4v) is 2.82. The molecule has 8 nitrogen and oxygen atoms in total. The Hall–Kier alpha value is -0.275. The van der Waals surface area contributed by atoms with E-state index in [4.69, 9.17) is 23.5 Å². The van der Waals surface area contributed by atoms with Crippen LogP contribution in [0.1, 0.15) is 6.42 Å². The van der Waals surface area contributed by atoms with Gasteiger partial charge in [-0.1, -0.05) is 0 Å². The van der Waals surface area contributed by atoms with Crippen molar-refractivity contribution in [3.8, 4) is 0 Å². The van der Waals surface area contributed by atoms with Gasteiger partial charge in [-0.05, 0) is 0 Å². The van der Waals surface area contributed by atoms with Gasteiger partial charge in [0, 0.05) is 20.2 Å². The van der Waals surface area contributed by atoms with Crippen molar-refractivity contribution in [1.82, 2.24) is 0 Å². The summed E-state index contributed by atoms with van der Waals surface area (Å²) in [6, 6.07) is -0.337. The molecule has 0 saturated carbocycles. The average molecular weight is 324 g/mol. The quantitative estimate of drug-likeness (QED) is 0.182. The maximum Gasteiger partial charge on any atom is 0.325 e. The number of hydrogen-bond donors (Lipinski definition) is 1. The van der Waals surface area contributed by atoms with E-state index < -0.39 is 25.9 Å². The molecule has 1 N–H and O–H groups in total. The highest BCUT2D eigenvalue weighted by molar-refractivity contribution is 7.51. The topological polar surface area (TPSA) is 101 Å². The smallest absolute Gasteiger partial charge is 0.325 e. The maximum absolute atomic E-state index is 11.5. The number of aldehydes is 1. The van der Waals surface area contributed by atoms with Gasteiger partial charge in [0.05, 0.1) is 19.2 Å². The average Bonchev–Trinajstić information content (AvgIpc) is 2.65. The van der Waals surface area contributed by atoms with Gasteiger partial charge in [-0.25, -0.2) is 0 Å². The first-order valence-corrected chi connectivity index (χ1v) is 8.67. The molecule has 0 radical (unpaired) electrons. The van der Waals surface area contributed by atoms with Crippen LogP contribution in [0.2, 0.25) is 0 Å². The Labute approximate surface area is 125 Å². The normalized spacial score (nSPS) is 32.0. The lowest BCUT2D eigenvalue weighted by atomic mass is 9.93. The van der Waals surface area contributed by atoms with E-state index in [-0.39, 0.29) is 32.4 Å². The van der Waals surface area contributed by atoms with Gasteiger partial charge in [-0.15, -0.1) is 0 Å². The Morgan fingerprint density at radius 2 is 2.14 bits per heavy atom. The van der Waals surface area contributed by atoms with Crippen molar-refractivity contribution in [2.45, 2.75) is 30.7 Å². The zero-order valence-electron chi connectivity index (χ0n) is 12.5. The van der Waals surface area contributed by atoms with Crippen LogP contribution in [0.25, 0.3) is 0 Å². The standard InChI is InChI=1S/C11H22BO8P/c1-16-6-8-9(20-21(2,14)15)10(11(12)19-8)18-7-17-5-3-4-13/h4,8-11H,3,5-7,12H2,1-2H3,(H,14,15)/t8-,9?,10+,11-/m1/s1. The van der Waals surface area contributed by atoms with Gasteiger partial charge < -0.3 is 28.6 Å². The molecule has 0 aromatic heterocycles. The molecule has 122 valence electrons. The van der Waals surface area contributed by atoms with Gasteiger partial charge >= 0.3 is 7.60 Å². The third-order valence-electron chi connectivity index (χ3n) is 2.91. The number of rotatable bonds is 10. The summed E-state index contributed by atoms with van der Waals surface area (Å²) in [6.07, 6.45) is -0.740. The lowest BCUT2D eigenvalue weighted by Gasteiger charge is -2.24. The zero-order chi connectivity index (χ0) is 15.9. The van der Waals surface area contributed by atoms with E-state index in [1.165, 1.54) is 7.11 Å². The molecule has 0 amide bonds. The van der Waals surface area contributed by atoms with Gasteiger partial charge in [0.2, 0.25) is 0 Å². The van der Waals surface area contributed by atoms with E-state index in [2.05, 4.69) is 0 Å². The number of hydrogen-bond acceptors (Lipinski definition) is 7. The van der Waals surface area contributed by atoms with E-state index in [1.54, 1.807) is 7.85 Å². The molecule has 0 aliphatic carbocycles. The summed E-state index contributed by atoms with van der Waals surface area (Å²) < 4.78 is 38.0. The monoisotopic (exact) mass is 324 g/mol. The lowest BCUT2D eigenvalue weighted by molar-refractivity contribution is -0.121. The molecule has 0 aromatic carbocycles. The lowest BCUT2D eigenvalue weighted by Crippen LogP contribution is -2.39. The molecule has 0 spiro atoms. The van der Waals surface area contributed by atoms with Gasteiger partial charge in [-0.2, -0.15) is 0 Å². The molecule has 1 saturated heterocycles. The molecule has 1 aliphatic rings. The summed E-state index contributed by atoms with van der Waals surface area (Å²) in [5, 5.41) is 0. The van der Waals surface area contributed by atoms with Crippen LogP contribution in [0.3, 0.4) is 0 Å². The molecule has 1 heterocycles. The second kappa shape index (κ2) is 9.00. The minimum atomic E-state index is -3.69. The summed E-state index contributed by atoms with van der Waals surface area (Å²) in [6.45, 7) is 1.54. The van der Waals surface area contributed by atoms with Crippen LogP contribution in [0.4, 0.5) is 0 Å². The molecule has 0 bridgehead atoms. The first kappa shape index (κ1) is 18.8. The van der Waals surface area contributed by atoms with Crippen LogP contribution in [0.15, 0.2) is 0 Å². The predicted octanol–water partition coefficient (Wildman–Crippen LogP) is -0.860. The molecule has 1 aliphatic heterocycles. The number of carbonyl (C=O) groups is 1. The molecule has 2 unspecified atom stereocenters. The Morgan fingerprint density at radius 1 is 1.43 bits per heavy atom. The maximum atomic E-state index is 11.5. The van der Waals surface area contributed by atoms with Crippen molar-refractivity contribution in [2.24, 2.45) is 0 Å². The summed E-state index contributed by atoms with van der Waals surface area (Å²) in [7, 11) is -0.408. The van der Waals surface area contributed by atoms with Crippen LogP contribution in [0, 0.1) is 0 Å². The highest BCUT2D eigenvalue weighted by Gasteiger charge is 2.46. The number of carbonyl (C=O) groups excluding carboxylic acids is 1. The van der Waals surface area contributed by atoms with E-state index in [1.807, 2.05) is 0 Å². The minimum absolute atomic E-state index is 0.0504. The van der Waals surface area contributed by atoms with Crippen molar-refractivity contribution < 1.29 is 37.7 Å². The SMILES string of the molecule is B[C@@H]1O[C@H](COC)C(OP(C)(=O)O)[C@@H]1OCOCCC=O. The summed E-state index contributed by atoms with van der Waals surface area (Å²) in [5.41, 5.74) is 0. The van der Waals surface area contributed by atoms with Gasteiger partial charge in [0.25, 0.3) is 0 Å². The first-order valence-electron chi connectivity index (χ1n) is 6.65. The van der Waals surface area contributed by atoms with Crippen molar-refractivity contribution in [2.75, 3.05) is 33.8 Å². The van der Waals surface area contributed by atoms with Crippen LogP contribution >= 0.6 is 7.60 Å². The van der Waals surface area contributed by atoms with Gasteiger partial charge in [-0.3, -0.25) is 9.09 Å². The van der Waals surface area contributed by atoms with Crippen molar-refractivity contribution in [3.63, 3.8) is 0 Å². The summed E-state index contributed by atoms with van der Waals surface area (Å²) in [4.78, 5) is 19.6. The number of ether oxygens (including phenoxy) is 4. The largest absolute Gasteiger partial charge is 0.382 e. The second-order valence-corrected chi connectivity index (χ2v) is 6.64. The Kier molecular flexibility index (Phi) is 8.04. The highest BCUT2D eigenvalue weighted by atomic mass is 31.2. The predicted molar refractivity (Wildman–Crippen MR) is 76.1 cm³/mol. The first-order chi connectivity index (χ1) is 9.89. The molecule has 1 fully saturated rings. The van der Waals surface area contributed by atoms with Crippen molar-refractivity contribution in [1.29, 1.82) is 0 Å². The van der Waals surface area contributed by atoms with Crippen LogP contribution in [-0.4, -0.2) is 77.1 Å². The molecule has 21 heavy (non-hydrogen) atoms. The molecule has 10 heteroatoms. The van der Waals surface area contributed by atoms with Crippen molar-refractivity contribution >= 4 is 21.7 Å². The van der Waals surface area contributed by atoms with Crippen LogP contribution in [0.5, 0.6) is 0 Å². The Balaban J connectivity index is 2.59. The molecule has 0 aromatic rings. The third kappa shape index (κ3) is 6.56. The van der Waals surface area contributed by atoms with E-state index >= 15 is 0 Å². The fourth-order valence-electron chi connectivity index (χ4n) is 2.11. The van der Waals surface area contributed by atoms with E-state index in [0.717, 1.165) is 13.0 Å².